The van der Waals surface area contributed by atoms with Crippen molar-refractivity contribution in [1.82, 2.24) is 19.9 Å². The van der Waals surface area contributed by atoms with Crippen LogP contribution in [0.1, 0.15) is 24.4 Å². The fourth-order valence-corrected chi connectivity index (χ4v) is 2.57. The summed E-state index contributed by atoms with van der Waals surface area (Å²) in [5.74, 6) is -0.235. The van der Waals surface area contributed by atoms with E-state index < -0.39 is 17.7 Å². The first-order valence-electron chi connectivity index (χ1n) is 7.63. The van der Waals surface area contributed by atoms with Gasteiger partial charge in [-0.1, -0.05) is 0 Å². The molecule has 0 amide bonds. The van der Waals surface area contributed by atoms with E-state index in [4.69, 9.17) is 4.74 Å². The van der Waals surface area contributed by atoms with Gasteiger partial charge in [-0.2, -0.15) is 13.2 Å². The van der Waals surface area contributed by atoms with Crippen molar-refractivity contribution < 1.29 is 22.3 Å². The summed E-state index contributed by atoms with van der Waals surface area (Å²) < 4.78 is 57.0. The van der Waals surface area contributed by atoms with E-state index in [9.17, 15) is 17.6 Å². The molecule has 0 spiro atoms. The first-order chi connectivity index (χ1) is 11.8. The number of halogens is 4. The average molecular weight is 357 g/mol. The second kappa shape index (κ2) is 6.77. The van der Waals surface area contributed by atoms with Crippen LogP contribution in [0.2, 0.25) is 0 Å². The molecule has 1 aliphatic heterocycles. The maximum Gasteiger partial charge on any atom is 0.433 e. The number of hydrogen-bond acceptors (Lipinski definition) is 6. The van der Waals surface area contributed by atoms with Gasteiger partial charge in [-0.25, -0.2) is 24.3 Å². The van der Waals surface area contributed by atoms with Crippen LogP contribution < -0.4 is 9.64 Å². The van der Waals surface area contributed by atoms with E-state index in [-0.39, 0.29) is 23.8 Å². The molecule has 10 heteroatoms. The Balaban J connectivity index is 1.64. The third kappa shape index (κ3) is 4.31. The molecule has 0 atom stereocenters. The summed E-state index contributed by atoms with van der Waals surface area (Å²) in [5, 5.41) is 0. The number of alkyl halides is 3. The molecule has 0 unspecified atom stereocenters. The average Bonchev–Trinajstić information content (AvgIpc) is 2.56. The first kappa shape index (κ1) is 17.3. The van der Waals surface area contributed by atoms with Crippen LogP contribution in [0.4, 0.5) is 23.4 Å². The lowest BCUT2D eigenvalue weighted by Crippen LogP contribution is -2.39. The number of aryl methyl sites for hydroxylation is 1. The number of aromatic nitrogens is 4. The van der Waals surface area contributed by atoms with Crippen LogP contribution >= 0.6 is 0 Å². The van der Waals surface area contributed by atoms with Gasteiger partial charge in [-0.05, 0) is 6.92 Å². The Morgan fingerprint density at radius 3 is 2.36 bits per heavy atom. The van der Waals surface area contributed by atoms with Crippen molar-refractivity contribution in [2.75, 3.05) is 18.0 Å². The van der Waals surface area contributed by atoms with Crippen molar-refractivity contribution in [1.29, 1.82) is 0 Å². The highest BCUT2D eigenvalue weighted by atomic mass is 19.4. The second-order valence-corrected chi connectivity index (χ2v) is 5.64. The van der Waals surface area contributed by atoms with Gasteiger partial charge in [-0.15, -0.1) is 0 Å². The molecule has 3 rings (SSSR count). The van der Waals surface area contributed by atoms with E-state index in [1.54, 1.807) is 4.90 Å². The summed E-state index contributed by atoms with van der Waals surface area (Å²) in [5.41, 5.74) is -0.951. The summed E-state index contributed by atoms with van der Waals surface area (Å²) >= 11 is 0. The Bertz CT molecular complexity index is 730. The van der Waals surface area contributed by atoms with Gasteiger partial charge in [0, 0.05) is 32.0 Å². The molecule has 0 radical (unpaired) electrons. The highest BCUT2D eigenvalue weighted by Crippen LogP contribution is 2.30. The summed E-state index contributed by atoms with van der Waals surface area (Å²) in [6, 6.07) is 1.04. The molecule has 25 heavy (non-hydrogen) atoms. The smallest absolute Gasteiger partial charge is 0.433 e. The minimum atomic E-state index is -4.51. The van der Waals surface area contributed by atoms with Crippen molar-refractivity contribution >= 4 is 5.82 Å². The van der Waals surface area contributed by atoms with Crippen molar-refractivity contribution in [2.24, 2.45) is 0 Å². The maximum atomic E-state index is 12.9. The normalized spacial score (nSPS) is 16.1. The fourth-order valence-electron chi connectivity index (χ4n) is 2.57. The zero-order valence-corrected chi connectivity index (χ0v) is 13.3. The van der Waals surface area contributed by atoms with Crippen LogP contribution in [0, 0.1) is 12.7 Å². The zero-order chi connectivity index (χ0) is 18.0. The minimum Gasteiger partial charge on any atom is -0.460 e. The van der Waals surface area contributed by atoms with Crippen LogP contribution in [0.5, 0.6) is 6.01 Å². The molecule has 0 bridgehead atoms. The largest absolute Gasteiger partial charge is 0.460 e. The maximum absolute atomic E-state index is 12.9. The fraction of sp³-hybridized carbons (Fsp3) is 0.467. The zero-order valence-electron chi connectivity index (χ0n) is 13.3. The van der Waals surface area contributed by atoms with E-state index in [1.165, 1.54) is 6.92 Å². The first-order valence-corrected chi connectivity index (χ1v) is 7.63. The Morgan fingerprint density at radius 2 is 1.76 bits per heavy atom. The summed E-state index contributed by atoms with van der Waals surface area (Å²) in [7, 11) is 0. The topological polar surface area (TPSA) is 64.0 Å². The van der Waals surface area contributed by atoms with Gasteiger partial charge in [0.15, 0.2) is 5.82 Å². The molecule has 1 fully saturated rings. The molecule has 0 aliphatic carbocycles. The van der Waals surface area contributed by atoms with Crippen LogP contribution in [0.25, 0.3) is 0 Å². The molecule has 134 valence electrons. The molecule has 0 saturated carbocycles. The van der Waals surface area contributed by atoms with Gasteiger partial charge >= 0.3 is 12.2 Å². The number of hydrogen-bond donors (Lipinski definition) is 0. The molecule has 0 N–H and O–H groups in total. The Labute approximate surface area is 140 Å². The molecule has 2 aromatic rings. The molecule has 0 aromatic carbocycles. The van der Waals surface area contributed by atoms with E-state index >= 15 is 0 Å². The number of ether oxygens (including phenoxy) is 1. The molecular formula is C15H15F4N5O. The predicted octanol–water partition coefficient (Wildman–Crippen LogP) is 2.78. The van der Waals surface area contributed by atoms with E-state index in [2.05, 4.69) is 19.9 Å². The van der Waals surface area contributed by atoms with Gasteiger partial charge in [-0.3, -0.25) is 0 Å². The van der Waals surface area contributed by atoms with Crippen molar-refractivity contribution in [3.8, 4) is 6.01 Å². The lowest BCUT2D eigenvalue weighted by molar-refractivity contribution is -0.141. The van der Waals surface area contributed by atoms with Crippen molar-refractivity contribution in [3.63, 3.8) is 0 Å². The van der Waals surface area contributed by atoms with E-state index in [0.29, 0.717) is 25.9 Å². The molecular weight excluding hydrogens is 342 g/mol. The van der Waals surface area contributed by atoms with Crippen LogP contribution in [0.3, 0.4) is 0 Å². The molecule has 2 aromatic heterocycles. The summed E-state index contributed by atoms with van der Waals surface area (Å²) in [4.78, 5) is 16.8. The standard InChI is InChI=1S/C15H15F4N5O/c1-9-22-12(15(17,18)19)6-13(23-9)24-4-2-11(3-5-24)25-14-20-7-10(16)8-21-14/h6-8,11H,2-5H2,1H3. The Hall–Kier alpha value is -2.52. The minimum absolute atomic E-state index is 0.0721. The molecule has 1 saturated heterocycles. The molecule has 3 heterocycles. The lowest BCUT2D eigenvalue weighted by atomic mass is 10.1. The number of nitrogens with zero attached hydrogens (tertiary/aromatic N) is 5. The number of piperidine rings is 1. The van der Waals surface area contributed by atoms with E-state index in [1.807, 2.05) is 0 Å². The highest BCUT2D eigenvalue weighted by molar-refractivity contribution is 5.41. The quantitative estimate of drug-likeness (QED) is 0.787. The van der Waals surface area contributed by atoms with Crippen molar-refractivity contribution in [3.05, 3.63) is 35.8 Å². The predicted molar refractivity (Wildman–Crippen MR) is 79.6 cm³/mol. The molecule has 6 nitrogen and oxygen atoms in total. The van der Waals surface area contributed by atoms with Gasteiger partial charge < -0.3 is 9.64 Å². The third-order valence-corrected chi connectivity index (χ3v) is 3.75. The highest BCUT2D eigenvalue weighted by Gasteiger charge is 2.34. The SMILES string of the molecule is Cc1nc(N2CCC(Oc3ncc(F)cn3)CC2)cc(C(F)(F)F)n1. The van der Waals surface area contributed by atoms with Crippen LogP contribution in [-0.2, 0) is 6.18 Å². The monoisotopic (exact) mass is 357 g/mol. The van der Waals surface area contributed by atoms with Crippen LogP contribution in [-0.4, -0.2) is 39.1 Å². The number of anilines is 1. The Morgan fingerprint density at radius 1 is 1.12 bits per heavy atom. The number of rotatable bonds is 3. The van der Waals surface area contributed by atoms with Gasteiger partial charge in [0.1, 0.15) is 23.4 Å². The second-order valence-electron chi connectivity index (χ2n) is 5.64. The third-order valence-electron chi connectivity index (χ3n) is 3.75. The van der Waals surface area contributed by atoms with Crippen LogP contribution in [0.15, 0.2) is 18.5 Å². The Kier molecular flexibility index (Phi) is 4.69. The lowest BCUT2D eigenvalue weighted by Gasteiger charge is -2.32. The van der Waals surface area contributed by atoms with Gasteiger partial charge in [0.2, 0.25) is 0 Å². The summed E-state index contributed by atoms with van der Waals surface area (Å²) in [6.45, 7) is 2.37. The summed E-state index contributed by atoms with van der Waals surface area (Å²) in [6.07, 6.45) is -1.55. The molecule has 1 aliphatic rings. The van der Waals surface area contributed by atoms with E-state index in [0.717, 1.165) is 18.5 Å². The van der Waals surface area contributed by atoms with Gasteiger partial charge in [0.05, 0.1) is 12.4 Å². The van der Waals surface area contributed by atoms with Crippen molar-refractivity contribution in [2.45, 2.75) is 32.0 Å². The van der Waals surface area contributed by atoms with Gasteiger partial charge in [0.25, 0.3) is 0 Å².